The van der Waals surface area contributed by atoms with E-state index in [1.54, 1.807) is 0 Å². The number of anilines is 3. The van der Waals surface area contributed by atoms with Crippen molar-refractivity contribution < 1.29 is 4.42 Å². The minimum atomic E-state index is 0.863. The number of fused-ring (bicyclic) bond motifs is 6. The van der Waals surface area contributed by atoms with Crippen LogP contribution in [0.2, 0.25) is 0 Å². The zero-order chi connectivity index (χ0) is 41.7. The van der Waals surface area contributed by atoms with Gasteiger partial charge in [0.25, 0.3) is 0 Å². The molecule has 10 aromatic carbocycles. The van der Waals surface area contributed by atoms with Gasteiger partial charge >= 0.3 is 0 Å². The molecule has 3 heteroatoms. The predicted molar refractivity (Wildman–Crippen MR) is 264 cm³/mol. The highest BCUT2D eigenvalue weighted by atomic mass is 16.3. The molecule has 0 N–H and O–H groups in total. The Hall–Kier alpha value is -8.40. The molecule has 0 aliphatic carbocycles. The smallest absolute Gasteiger partial charge is 0.137 e. The summed E-state index contributed by atoms with van der Waals surface area (Å²) >= 11 is 0. The Bertz CT molecular complexity index is 3590. The van der Waals surface area contributed by atoms with Gasteiger partial charge in [-0.1, -0.05) is 164 Å². The van der Waals surface area contributed by atoms with Gasteiger partial charge in [-0.05, 0) is 123 Å². The molecule has 12 aromatic rings. The van der Waals surface area contributed by atoms with Gasteiger partial charge in [0.15, 0.2) is 0 Å². The second kappa shape index (κ2) is 15.3. The molecule has 3 nitrogen and oxygen atoms in total. The van der Waals surface area contributed by atoms with Crippen LogP contribution >= 0.6 is 0 Å². The van der Waals surface area contributed by atoms with E-state index in [4.69, 9.17) is 4.42 Å². The van der Waals surface area contributed by atoms with Crippen LogP contribution in [-0.2, 0) is 0 Å². The average Bonchev–Trinajstić information content (AvgIpc) is 3.91. The summed E-state index contributed by atoms with van der Waals surface area (Å²) in [5.74, 6) is 0. The number of hydrogen-bond acceptors (Lipinski definition) is 2. The van der Waals surface area contributed by atoms with Crippen molar-refractivity contribution in [2.45, 2.75) is 0 Å². The first-order chi connectivity index (χ1) is 31.2. The van der Waals surface area contributed by atoms with Crippen molar-refractivity contribution in [3.63, 3.8) is 0 Å². The van der Waals surface area contributed by atoms with Crippen molar-refractivity contribution in [1.82, 2.24) is 4.57 Å². The van der Waals surface area contributed by atoms with Gasteiger partial charge in [-0.2, -0.15) is 0 Å². The molecule has 2 aromatic heterocycles. The van der Waals surface area contributed by atoms with E-state index in [1.165, 1.54) is 60.8 Å². The molecule has 0 radical (unpaired) electrons. The van der Waals surface area contributed by atoms with Gasteiger partial charge in [-0.15, -0.1) is 0 Å². The van der Waals surface area contributed by atoms with E-state index in [0.29, 0.717) is 0 Å². The van der Waals surface area contributed by atoms with E-state index in [-0.39, 0.29) is 0 Å². The molecule has 0 atom stereocenters. The van der Waals surface area contributed by atoms with Crippen LogP contribution in [0.5, 0.6) is 0 Å². The van der Waals surface area contributed by atoms with Gasteiger partial charge in [-0.25, -0.2) is 0 Å². The molecule has 0 unspecified atom stereocenters. The summed E-state index contributed by atoms with van der Waals surface area (Å²) in [6.45, 7) is 0. The molecule has 0 saturated heterocycles. The summed E-state index contributed by atoms with van der Waals surface area (Å²) in [7, 11) is 0. The first-order valence-electron chi connectivity index (χ1n) is 21.5. The molecular formula is C60H40N2O. The lowest BCUT2D eigenvalue weighted by atomic mass is 9.90. The largest absolute Gasteiger partial charge is 0.456 e. The second-order valence-corrected chi connectivity index (χ2v) is 16.1. The molecule has 0 spiro atoms. The summed E-state index contributed by atoms with van der Waals surface area (Å²) in [5.41, 5.74) is 17.9. The van der Waals surface area contributed by atoms with E-state index in [1.807, 2.05) is 12.1 Å². The highest BCUT2D eigenvalue weighted by Crippen LogP contribution is 2.45. The van der Waals surface area contributed by atoms with E-state index in [9.17, 15) is 0 Å². The van der Waals surface area contributed by atoms with Crippen molar-refractivity contribution in [1.29, 1.82) is 0 Å². The van der Waals surface area contributed by atoms with Gasteiger partial charge in [-0.3, -0.25) is 0 Å². The number of rotatable bonds is 8. The fourth-order valence-electron chi connectivity index (χ4n) is 9.43. The second-order valence-electron chi connectivity index (χ2n) is 16.1. The van der Waals surface area contributed by atoms with Crippen LogP contribution in [0.3, 0.4) is 0 Å². The molecule has 63 heavy (non-hydrogen) atoms. The Balaban J connectivity index is 1.02. The Morgan fingerprint density at radius 3 is 1.59 bits per heavy atom. The zero-order valence-electron chi connectivity index (χ0n) is 34.4. The van der Waals surface area contributed by atoms with E-state index in [2.05, 4.69) is 240 Å². The Morgan fingerprint density at radius 1 is 0.317 bits per heavy atom. The highest BCUT2D eigenvalue weighted by molar-refractivity contribution is 6.14. The van der Waals surface area contributed by atoms with Gasteiger partial charge in [0, 0.05) is 33.2 Å². The molecule has 0 aliphatic heterocycles. The van der Waals surface area contributed by atoms with Crippen molar-refractivity contribution in [2.75, 3.05) is 4.90 Å². The monoisotopic (exact) mass is 804 g/mol. The lowest BCUT2D eigenvalue weighted by molar-refractivity contribution is 0.669. The molecular weight excluding hydrogens is 765 g/mol. The molecule has 0 amide bonds. The Morgan fingerprint density at radius 2 is 0.857 bits per heavy atom. The average molecular weight is 805 g/mol. The molecule has 0 aliphatic rings. The van der Waals surface area contributed by atoms with Crippen LogP contribution in [-0.4, -0.2) is 4.57 Å². The van der Waals surface area contributed by atoms with Crippen molar-refractivity contribution in [3.8, 4) is 50.2 Å². The van der Waals surface area contributed by atoms with Gasteiger partial charge in [0.05, 0.1) is 22.1 Å². The maximum absolute atomic E-state index is 6.42. The molecule has 0 saturated carbocycles. The number of hydrogen-bond donors (Lipinski definition) is 0. The molecule has 0 bridgehead atoms. The maximum atomic E-state index is 6.42. The molecule has 0 fully saturated rings. The third-order valence-electron chi connectivity index (χ3n) is 12.4. The van der Waals surface area contributed by atoms with Crippen LogP contribution in [0.15, 0.2) is 247 Å². The summed E-state index contributed by atoms with van der Waals surface area (Å²) in [4.78, 5) is 2.36. The zero-order valence-corrected chi connectivity index (χ0v) is 34.4. The number of aromatic nitrogens is 1. The topological polar surface area (TPSA) is 21.3 Å². The molecule has 2 heterocycles. The number of nitrogens with zero attached hydrogens (tertiary/aromatic N) is 2. The first-order valence-corrected chi connectivity index (χ1v) is 21.5. The van der Waals surface area contributed by atoms with Gasteiger partial charge in [0.2, 0.25) is 0 Å². The quantitative estimate of drug-likeness (QED) is 0.153. The Kier molecular flexibility index (Phi) is 8.83. The van der Waals surface area contributed by atoms with Crippen LogP contribution in [0, 0.1) is 0 Å². The Labute approximate surface area is 366 Å². The van der Waals surface area contributed by atoms with Gasteiger partial charge in [0.1, 0.15) is 11.2 Å². The fourth-order valence-corrected chi connectivity index (χ4v) is 9.43. The van der Waals surface area contributed by atoms with Crippen LogP contribution in [0.25, 0.3) is 93.9 Å². The normalized spacial score (nSPS) is 11.5. The van der Waals surface area contributed by atoms with Crippen LogP contribution in [0.4, 0.5) is 17.1 Å². The van der Waals surface area contributed by atoms with Gasteiger partial charge < -0.3 is 13.9 Å². The van der Waals surface area contributed by atoms with E-state index < -0.39 is 0 Å². The minimum Gasteiger partial charge on any atom is -0.456 e. The fraction of sp³-hybridized carbons (Fsp3) is 0. The number of furan rings is 1. The third kappa shape index (κ3) is 6.38. The lowest BCUT2D eigenvalue weighted by Crippen LogP contribution is -2.10. The minimum absolute atomic E-state index is 0.863. The van der Waals surface area contributed by atoms with Crippen LogP contribution < -0.4 is 4.90 Å². The lowest BCUT2D eigenvalue weighted by Gasteiger charge is -2.27. The number of para-hydroxylation sites is 3. The molecule has 12 rings (SSSR count). The molecule has 296 valence electrons. The third-order valence-corrected chi connectivity index (χ3v) is 12.4. The standard InChI is InChI=1S/C60H40N2O/c1-4-15-41(16-5-1)43-27-33-48(34-28-43)61(57-24-14-26-59-60(57)52-22-11-13-25-58(52)63-59)49-35-29-44(30-36-49)53-39-45(42-17-6-2-7-18-42)31-37-50(53)46-32-38-56-54(40-46)51-21-10-12-23-55(51)62(56)47-19-8-3-9-20-47/h1-40H. The van der Waals surface area contributed by atoms with E-state index in [0.717, 1.165) is 50.3 Å². The van der Waals surface area contributed by atoms with Crippen molar-refractivity contribution >= 4 is 60.8 Å². The summed E-state index contributed by atoms with van der Waals surface area (Å²) in [5, 5.41) is 4.65. The van der Waals surface area contributed by atoms with Crippen LogP contribution in [0.1, 0.15) is 0 Å². The van der Waals surface area contributed by atoms with Crippen molar-refractivity contribution in [3.05, 3.63) is 243 Å². The predicted octanol–water partition coefficient (Wildman–Crippen LogP) is 16.8. The summed E-state index contributed by atoms with van der Waals surface area (Å²) in [6.07, 6.45) is 0. The highest BCUT2D eigenvalue weighted by Gasteiger charge is 2.21. The van der Waals surface area contributed by atoms with Crippen molar-refractivity contribution in [2.24, 2.45) is 0 Å². The van der Waals surface area contributed by atoms with E-state index >= 15 is 0 Å². The summed E-state index contributed by atoms with van der Waals surface area (Å²) < 4.78 is 8.79. The maximum Gasteiger partial charge on any atom is 0.137 e. The SMILES string of the molecule is c1ccc(-c2ccc(N(c3ccc(-c4cc(-c5ccccc5)ccc4-c4ccc5c(c4)c4ccccc4n5-c4ccccc4)cc3)c3cccc4oc5ccccc5c34)cc2)cc1. The summed E-state index contributed by atoms with van der Waals surface area (Å²) in [6, 6.07) is 87.1. The first kappa shape index (κ1) is 36.5. The number of benzene rings is 10.